The number of hydrogen-bond donors (Lipinski definition) is 1. The molecule has 1 atom stereocenters. The number of anilines is 1. The molecule has 162 valence electrons. The van der Waals surface area contributed by atoms with Gasteiger partial charge in [0.1, 0.15) is 5.75 Å². The van der Waals surface area contributed by atoms with Gasteiger partial charge in [-0.1, -0.05) is 30.3 Å². The van der Waals surface area contributed by atoms with Crippen LogP contribution < -0.4 is 15.0 Å². The van der Waals surface area contributed by atoms with E-state index in [9.17, 15) is 4.79 Å². The minimum absolute atomic E-state index is 0.0277. The number of nitrogens with zero attached hydrogens (tertiary/aromatic N) is 3. The second kappa shape index (κ2) is 10.5. The highest BCUT2D eigenvalue weighted by Crippen LogP contribution is 2.24. The molecule has 0 aliphatic carbocycles. The Kier molecular flexibility index (Phi) is 7.71. The number of rotatable bonds is 8. The summed E-state index contributed by atoms with van der Waals surface area (Å²) in [7, 11) is 6.24. The maximum Gasteiger partial charge on any atom is 0.258 e. The summed E-state index contributed by atoms with van der Waals surface area (Å²) in [5, 5.41) is 3.09. The third-order valence-electron chi connectivity index (χ3n) is 5.72. The number of likely N-dealkylation sites (N-methyl/N-ethyl adjacent to an activating group) is 1. The fourth-order valence-electron chi connectivity index (χ4n) is 3.71. The number of ether oxygens (including phenoxy) is 1. The van der Waals surface area contributed by atoms with E-state index in [1.165, 1.54) is 11.3 Å². The fraction of sp³-hybridized carbons (Fsp3) is 0.458. The molecule has 0 spiro atoms. The smallest absolute Gasteiger partial charge is 0.258 e. The minimum atomic E-state index is -0.0951. The Morgan fingerprint density at radius 2 is 1.73 bits per heavy atom. The number of para-hydroxylation sites is 1. The third kappa shape index (κ3) is 5.97. The Hall–Kier alpha value is -2.57. The minimum Gasteiger partial charge on any atom is -0.484 e. The summed E-state index contributed by atoms with van der Waals surface area (Å²) in [6.07, 6.45) is 0. The van der Waals surface area contributed by atoms with Gasteiger partial charge in [-0.15, -0.1) is 0 Å². The van der Waals surface area contributed by atoms with E-state index in [2.05, 4.69) is 51.3 Å². The molecule has 2 aromatic rings. The maximum atomic E-state index is 12.5. The molecule has 0 unspecified atom stereocenters. The molecule has 1 aliphatic heterocycles. The summed E-state index contributed by atoms with van der Waals surface area (Å²) in [4.78, 5) is 19.4. The molecule has 1 aliphatic rings. The first-order chi connectivity index (χ1) is 14.4. The zero-order valence-corrected chi connectivity index (χ0v) is 18.6. The van der Waals surface area contributed by atoms with Crippen LogP contribution in [0.25, 0.3) is 0 Å². The first-order valence-corrected chi connectivity index (χ1v) is 10.6. The lowest BCUT2D eigenvalue weighted by Crippen LogP contribution is -2.48. The van der Waals surface area contributed by atoms with Crippen molar-refractivity contribution in [2.24, 2.45) is 0 Å². The second-order valence-corrected chi connectivity index (χ2v) is 8.20. The Balaban J connectivity index is 1.63. The van der Waals surface area contributed by atoms with Gasteiger partial charge in [0.05, 0.1) is 6.04 Å². The summed E-state index contributed by atoms with van der Waals surface area (Å²) in [6.45, 7) is 6.64. The number of nitrogens with one attached hydrogen (secondary N) is 1. The van der Waals surface area contributed by atoms with Crippen molar-refractivity contribution in [1.82, 2.24) is 15.1 Å². The van der Waals surface area contributed by atoms with Gasteiger partial charge < -0.3 is 19.9 Å². The summed E-state index contributed by atoms with van der Waals surface area (Å²) < 4.78 is 5.70. The van der Waals surface area contributed by atoms with Crippen LogP contribution in [0.3, 0.4) is 0 Å². The lowest BCUT2D eigenvalue weighted by Gasteiger charge is -2.38. The van der Waals surface area contributed by atoms with Crippen LogP contribution in [0.15, 0.2) is 48.5 Å². The van der Waals surface area contributed by atoms with Crippen molar-refractivity contribution in [2.75, 3.05) is 65.4 Å². The average Bonchev–Trinajstić information content (AvgIpc) is 2.75. The van der Waals surface area contributed by atoms with E-state index in [0.717, 1.165) is 37.5 Å². The van der Waals surface area contributed by atoms with Crippen molar-refractivity contribution < 1.29 is 9.53 Å². The van der Waals surface area contributed by atoms with Crippen LogP contribution in [0.5, 0.6) is 5.75 Å². The van der Waals surface area contributed by atoms with E-state index >= 15 is 0 Å². The number of carbonyl (C=O) groups is 1. The average molecular weight is 411 g/mol. The number of benzene rings is 2. The summed E-state index contributed by atoms with van der Waals surface area (Å²) in [5.74, 6) is 0.657. The molecule has 1 saturated heterocycles. The number of carbonyl (C=O) groups excluding carboxylic acids is 1. The van der Waals surface area contributed by atoms with Crippen LogP contribution >= 0.6 is 0 Å². The molecule has 0 saturated carbocycles. The summed E-state index contributed by atoms with van der Waals surface area (Å²) in [6, 6.07) is 16.5. The van der Waals surface area contributed by atoms with Gasteiger partial charge in [-0.25, -0.2) is 0 Å². The predicted molar refractivity (Wildman–Crippen MR) is 122 cm³/mol. The molecule has 1 heterocycles. The summed E-state index contributed by atoms with van der Waals surface area (Å²) in [5.41, 5.74) is 3.43. The molecule has 0 bridgehead atoms. The number of aryl methyl sites for hydroxylation is 1. The van der Waals surface area contributed by atoms with Crippen LogP contribution in [-0.2, 0) is 4.79 Å². The number of hydrogen-bond acceptors (Lipinski definition) is 5. The zero-order valence-electron chi connectivity index (χ0n) is 18.6. The van der Waals surface area contributed by atoms with Gasteiger partial charge in [0.15, 0.2) is 6.61 Å². The Morgan fingerprint density at radius 1 is 1.07 bits per heavy atom. The molecule has 2 aromatic carbocycles. The molecule has 3 rings (SSSR count). The predicted octanol–water partition coefficient (Wildman–Crippen LogP) is 2.54. The van der Waals surface area contributed by atoms with Crippen molar-refractivity contribution in [3.8, 4) is 5.75 Å². The SMILES string of the molecule is Cc1ccccc1OCC(=O)NC[C@H](c1ccc(N(C)C)cc1)N1CCN(C)CC1. The first-order valence-electron chi connectivity index (χ1n) is 10.6. The zero-order chi connectivity index (χ0) is 21.5. The normalized spacial score (nSPS) is 16.1. The van der Waals surface area contributed by atoms with Crippen molar-refractivity contribution in [2.45, 2.75) is 13.0 Å². The molecule has 1 fully saturated rings. The molecule has 0 radical (unpaired) electrons. The summed E-state index contributed by atoms with van der Waals surface area (Å²) >= 11 is 0. The third-order valence-corrected chi connectivity index (χ3v) is 5.72. The number of piperazine rings is 1. The van der Waals surface area contributed by atoms with Gasteiger partial charge in [0, 0.05) is 52.5 Å². The second-order valence-electron chi connectivity index (χ2n) is 8.20. The highest BCUT2D eigenvalue weighted by Gasteiger charge is 2.24. The van der Waals surface area contributed by atoms with E-state index in [-0.39, 0.29) is 18.6 Å². The van der Waals surface area contributed by atoms with Crippen molar-refractivity contribution >= 4 is 11.6 Å². The monoisotopic (exact) mass is 410 g/mol. The Morgan fingerprint density at radius 3 is 2.37 bits per heavy atom. The lowest BCUT2D eigenvalue weighted by atomic mass is 10.0. The quantitative estimate of drug-likeness (QED) is 0.725. The van der Waals surface area contributed by atoms with Gasteiger partial charge in [-0.05, 0) is 43.3 Å². The van der Waals surface area contributed by atoms with Crippen molar-refractivity contribution in [3.63, 3.8) is 0 Å². The van der Waals surface area contributed by atoms with Crippen molar-refractivity contribution in [3.05, 3.63) is 59.7 Å². The molecule has 6 heteroatoms. The lowest BCUT2D eigenvalue weighted by molar-refractivity contribution is -0.123. The van der Waals surface area contributed by atoms with Crippen LogP contribution in [0.2, 0.25) is 0 Å². The Bertz CT molecular complexity index is 814. The molecule has 6 nitrogen and oxygen atoms in total. The topological polar surface area (TPSA) is 48.1 Å². The molecular weight excluding hydrogens is 376 g/mol. The van der Waals surface area contributed by atoms with Crippen molar-refractivity contribution in [1.29, 1.82) is 0 Å². The number of amides is 1. The van der Waals surface area contributed by atoms with Gasteiger partial charge >= 0.3 is 0 Å². The maximum absolute atomic E-state index is 12.5. The molecule has 1 amide bonds. The molecule has 0 aromatic heterocycles. The van der Waals surface area contributed by atoms with Crippen LogP contribution in [0, 0.1) is 6.92 Å². The van der Waals surface area contributed by atoms with Crippen LogP contribution in [0.1, 0.15) is 17.2 Å². The van der Waals surface area contributed by atoms with Gasteiger partial charge in [0.25, 0.3) is 5.91 Å². The standard InChI is InChI=1S/C24H34N4O2/c1-19-7-5-6-8-23(19)30-18-24(29)25-17-22(28-15-13-27(4)14-16-28)20-9-11-21(12-10-20)26(2)3/h5-12,22H,13-18H2,1-4H3,(H,25,29)/t22-/m1/s1. The van der Waals surface area contributed by atoms with Crippen LogP contribution in [0.4, 0.5) is 5.69 Å². The van der Waals surface area contributed by atoms with Gasteiger partial charge in [0.2, 0.25) is 0 Å². The largest absolute Gasteiger partial charge is 0.484 e. The highest BCUT2D eigenvalue weighted by atomic mass is 16.5. The van der Waals surface area contributed by atoms with E-state index in [0.29, 0.717) is 6.54 Å². The van der Waals surface area contributed by atoms with Gasteiger partial charge in [-0.2, -0.15) is 0 Å². The van der Waals surface area contributed by atoms with Gasteiger partial charge in [-0.3, -0.25) is 9.69 Å². The van der Waals surface area contributed by atoms with E-state index in [1.54, 1.807) is 0 Å². The van der Waals surface area contributed by atoms with E-state index < -0.39 is 0 Å². The van der Waals surface area contributed by atoms with Crippen LogP contribution in [-0.4, -0.2) is 76.2 Å². The Labute approximate surface area is 180 Å². The molecule has 30 heavy (non-hydrogen) atoms. The molecular formula is C24H34N4O2. The van der Waals surface area contributed by atoms with E-state index in [4.69, 9.17) is 4.74 Å². The first kappa shape index (κ1) is 22.1. The fourth-order valence-corrected chi connectivity index (χ4v) is 3.71. The highest BCUT2D eigenvalue weighted by molar-refractivity contribution is 5.77. The molecule has 1 N–H and O–H groups in total. The van der Waals surface area contributed by atoms with E-state index in [1.807, 2.05) is 45.3 Å².